The van der Waals surface area contributed by atoms with Crippen molar-refractivity contribution in [1.29, 1.82) is 0 Å². The molecule has 0 aromatic heterocycles. The van der Waals surface area contributed by atoms with Crippen molar-refractivity contribution in [3.63, 3.8) is 0 Å². The lowest BCUT2D eigenvalue weighted by molar-refractivity contribution is -0.111. The third-order valence-corrected chi connectivity index (χ3v) is 3.61. The zero-order valence-corrected chi connectivity index (χ0v) is 13.0. The number of carbonyl (C=O) groups excluding carboxylic acids is 2. The van der Waals surface area contributed by atoms with Crippen LogP contribution < -0.4 is 10.6 Å². The van der Waals surface area contributed by atoms with Crippen molar-refractivity contribution in [2.75, 3.05) is 11.9 Å². The lowest BCUT2D eigenvalue weighted by Gasteiger charge is -2.35. The van der Waals surface area contributed by atoms with E-state index >= 15 is 0 Å². The van der Waals surface area contributed by atoms with E-state index in [0.717, 1.165) is 12.8 Å². The van der Waals surface area contributed by atoms with Crippen molar-refractivity contribution >= 4 is 17.5 Å². The highest BCUT2D eigenvalue weighted by Crippen LogP contribution is 2.24. The Morgan fingerprint density at radius 1 is 1.41 bits per heavy atom. The Balaban J connectivity index is 2.01. The van der Waals surface area contributed by atoms with Gasteiger partial charge in [0.1, 0.15) is 0 Å². The van der Waals surface area contributed by atoms with Crippen molar-refractivity contribution in [3.05, 3.63) is 42.5 Å². The first kappa shape index (κ1) is 16.2. The first-order valence-corrected chi connectivity index (χ1v) is 7.38. The van der Waals surface area contributed by atoms with Crippen LogP contribution in [0.5, 0.6) is 0 Å². The Morgan fingerprint density at radius 3 is 2.86 bits per heavy atom. The summed E-state index contributed by atoms with van der Waals surface area (Å²) in [6, 6.07) is 6.95. The van der Waals surface area contributed by atoms with Gasteiger partial charge in [-0.1, -0.05) is 12.6 Å². The minimum Gasteiger partial charge on any atom is -0.375 e. The first-order valence-electron chi connectivity index (χ1n) is 7.38. The lowest BCUT2D eigenvalue weighted by Crippen LogP contribution is -2.45. The topological polar surface area (TPSA) is 67.4 Å². The summed E-state index contributed by atoms with van der Waals surface area (Å²) in [6.45, 7) is 8.10. The molecule has 2 amide bonds. The summed E-state index contributed by atoms with van der Waals surface area (Å²) in [5, 5.41) is 5.68. The van der Waals surface area contributed by atoms with Gasteiger partial charge in [-0.15, -0.1) is 0 Å². The number of rotatable bonds is 4. The van der Waals surface area contributed by atoms with Crippen molar-refractivity contribution in [2.45, 2.75) is 38.3 Å². The predicted molar refractivity (Wildman–Crippen MR) is 85.8 cm³/mol. The molecule has 1 aliphatic rings. The molecule has 5 nitrogen and oxygen atoms in total. The fourth-order valence-corrected chi connectivity index (χ4v) is 2.56. The summed E-state index contributed by atoms with van der Waals surface area (Å²) in [7, 11) is 0. The molecule has 2 N–H and O–H groups in total. The van der Waals surface area contributed by atoms with Gasteiger partial charge in [0.05, 0.1) is 5.60 Å². The van der Waals surface area contributed by atoms with Gasteiger partial charge in [-0.3, -0.25) is 9.59 Å². The average Bonchev–Trinajstić information content (AvgIpc) is 2.46. The van der Waals surface area contributed by atoms with Gasteiger partial charge >= 0.3 is 0 Å². The Morgan fingerprint density at radius 2 is 2.18 bits per heavy atom. The van der Waals surface area contributed by atoms with Gasteiger partial charge in [-0.05, 0) is 51.0 Å². The number of carbonyl (C=O) groups is 2. The van der Waals surface area contributed by atoms with E-state index in [-0.39, 0.29) is 23.5 Å². The number of amides is 2. The molecule has 5 heteroatoms. The Hall–Kier alpha value is -2.14. The molecular formula is C17H22N2O3. The maximum absolute atomic E-state index is 12.3. The Kier molecular flexibility index (Phi) is 4.98. The molecule has 1 aromatic rings. The summed E-state index contributed by atoms with van der Waals surface area (Å²) in [5.41, 5.74) is 0.881. The molecule has 0 radical (unpaired) electrons. The molecule has 1 fully saturated rings. The second kappa shape index (κ2) is 6.75. The zero-order chi connectivity index (χ0) is 16.2. The molecule has 1 saturated heterocycles. The number of hydrogen-bond acceptors (Lipinski definition) is 3. The minimum absolute atomic E-state index is 0.0997. The standard InChI is InChI=1S/C17H22N2O3/c1-4-15(20)18-13-7-5-6-12(10-13)16(21)19-14-8-9-22-17(2,3)11-14/h4-7,10,14H,1,8-9,11H2,2-3H3,(H,18,20)(H,19,21). The minimum atomic E-state index is -0.302. The summed E-state index contributed by atoms with van der Waals surface area (Å²) in [4.78, 5) is 23.7. The predicted octanol–water partition coefficient (Wildman–Crippen LogP) is 2.50. The maximum atomic E-state index is 12.3. The molecule has 2 rings (SSSR count). The number of nitrogens with one attached hydrogen (secondary N) is 2. The molecule has 118 valence electrons. The molecule has 1 aliphatic heterocycles. The molecule has 0 aliphatic carbocycles. The van der Waals surface area contributed by atoms with Crippen LogP contribution in [0.2, 0.25) is 0 Å². The quantitative estimate of drug-likeness (QED) is 0.840. The van der Waals surface area contributed by atoms with E-state index in [1.54, 1.807) is 24.3 Å². The van der Waals surface area contributed by atoms with Crippen molar-refractivity contribution in [3.8, 4) is 0 Å². The zero-order valence-electron chi connectivity index (χ0n) is 13.0. The van der Waals surface area contributed by atoms with E-state index in [1.165, 1.54) is 6.08 Å². The molecule has 1 unspecified atom stereocenters. The number of hydrogen-bond donors (Lipinski definition) is 2. The molecule has 1 heterocycles. The van der Waals surface area contributed by atoms with E-state index in [9.17, 15) is 9.59 Å². The second-order valence-electron chi connectivity index (χ2n) is 6.05. The number of ether oxygens (including phenoxy) is 1. The van der Waals surface area contributed by atoms with Gasteiger partial charge in [-0.2, -0.15) is 0 Å². The molecule has 1 atom stereocenters. The van der Waals surface area contributed by atoms with Crippen molar-refractivity contribution < 1.29 is 14.3 Å². The van der Waals surface area contributed by atoms with Crippen LogP contribution >= 0.6 is 0 Å². The summed E-state index contributed by atoms with van der Waals surface area (Å²) < 4.78 is 5.65. The SMILES string of the molecule is C=CC(=O)Nc1cccc(C(=O)NC2CCOC(C)(C)C2)c1. The number of anilines is 1. The summed E-state index contributed by atoms with van der Waals surface area (Å²) >= 11 is 0. The van der Waals surface area contributed by atoms with Crippen LogP contribution in [0.3, 0.4) is 0 Å². The van der Waals surface area contributed by atoms with Crippen LogP contribution in [0.1, 0.15) is 37.0 Å². The Labute approximate surface area is 130 Å². The normalized spacial score (nSPS) is 20.0. The fourth-order valence-electron chi connectivity index (χ4n) is 2.56. The van der Waals surface area contributed by atoms with Crippen LogP contribution in [-0.4, -0.2) is 30.1 Å². The fraction of sp³-hybridized carbons (Fsp3) is 0.412. The summed E-state index contributed by atoms with van der Waals surface area (Å²) in [6.07, 6.45) is 2.78. The molecule has 0 saturated carbocycles. The lowest BCUT2D eigenvalue weighted by atomic mass is 9.94. The Bertz CT molecular complexity index is 581. The van der Waals surface area contributed by atoms with Crippen LogP contribution in [-0.2, 0) is 9.53 Å². The molecule has 0 spiro atoms. The smallest absolute Gasteiger partial charge is 0.251 e. The third kappa shape index (κ3) is 4.43. The molecule has 1 aromatic carbocycles. The highest BCUT2D eigenvalue weighted by Gasteiger charge is 2.29. The van der Waals surface area contributed by atoms with E-state index in [0.29, 0.717) is 17.9 Å². The molecular weight excluding hydrogens is 280 g/mol. The van der Waals surface area contributed by atoms with Crippen LogP contribution in [0.25, 0.3) is 0 Å². The monoisotopic (exact) mass is 302 g/mol. The van der Waals surface area contributed by atoms with Crippen LogP contribution in [0.4, 0.5) is 5.69 Å². The van der Waals surface area contributed by atoms with Crippen molar-refractivity contribution in [1.82, 2.24) is 5.32 Å². The van der Waals surface area contributed by atoms with Crippen LogP contribution in [0.15, 0.2) is 36.9 Å². The van der Waals surface area contributed by atoms with E-state index in [4.69, 9.17) is 4.74 Å². The average molecular weight is 302 g/mol. The maximum Gasteiger partial charge on any atom is 0.251 e. The highest BCUT2D eigenvalue weighted by atomic mass is 16.5. The van der Waals surface area contributed by atoms with E-state index in [1.807, 2.05) is 13.8 Å². The molecule has 22 heavy (non-hydrogen) atoms. The van der Waals surface area contributed by atoms with Crippen molar-refractivity contribution in [2.24, 2.45) is 0 Å². The first-order chi connectivity index (χ1) is 10.4. The van der Waals surface area contributed by atoms with Gasteiger partial charge in [0.15, 0.2) is 0 Å². The van der Waals surface area contributed by atoms with Gasteiger partial charge in [-0.25, -0.2) is 0 Å². The second-order valence-corrected chi connectivity index (χ2v) is 6.05. The van der Waals surface area contributed by atoms with Gasteiger partial charge in [0.25, 0.3) is 5.91 Å². The van der Waals surface area contributed by atoms with E-state index < -0.39 is 0 Å². The molecule has 0 bridgehead atoms. The highest BCUT2D eigenvalue weighted by molar-refractivity contribution is 6.00. The third-order valence-electron chi connectivity index (χ3n) is 3.61. The van der Waals surface area contributed by atoms with Gasteiger partial charge in [0.2, 0.25) is 5.91 Å². The largest absolute Gasteiger partial charge is 0.375 e. The number of benzene rings is 1. The van der Waals surface area contributed by atoms with E-state index in [2.05, 4.69) is 17.2 Å². The van der Waals surface area contributed by atoms with Gasteiger partial charge in [0, 0.05) is 23.9 Å². The van der Waals surface area contributed by atoms with Gasteiger partial charge < -0.3 is 15.4 Å². The van der Waals surface area contributed by atoms with Crippen LogP contribution in [0, 0.1) is 0 Å². The summed E-state index contributed by atoms with van der Waals surface area (Å²) in [5.74, 6) is -0.443.